The topological polar surface area (TPSA) is 31.6 Å². The van der Waals surface area contributed by atoms with Gasteiger partial charge < -0.3 is 9.97 Å². The second-order valence-corrected chi connectivity index (χ2v) is 7.46. The van der Waals surface area contributed by atoms with Gasteiger partial charge in [-0.15, -0.1) is 0 Å². The normalized spacial score (nSPS) is 11.6. The Morgan fingerprint density at radius 1 is 0.864 bits per heavy atom. The summed E-state index contributed by atoms with van der Waals surface area (Å²) in [7, 11) is 0. The molecule has 0 bridgehead atoms. The van der Waals surface area contributed by atoms with Crippen LogP contribution in [-0.4, -0.2) is 9.97 Å². The van der Waals surface area contributed by atoms with Crippen molar-refractivity contribution in [1.82, 2.24) is 9.97 Å². The Kier molecular flexibility index (Phi) is 3.53. The fourth-order valence-corrected chi connectivity index (χ4v) is 3.82. The second kappa shape index (κ2) is 5.31. The van der Waals surface area contributed by atoms with Gasteiger partial charge in [-0.2, -0.15) is 0 Å². The highest BCUT2D eigenvalue weighted by Gasteiger charge is 2.15. The van der Waals surface area contributed by atoms with Crippen LogP contribution in [0.4, 0.5) is 0 Å². The third-order valence-electron chi connectivity index (χ3n) is 3.72. The summed E-state index contributed by atoms with van der Waals surface area (Å²) in [6.07, 6.45) is 1.96. The quantitative estimate of drug-likeness (QED) is 0.303. The number of nitrogens with one attached hydrogen (secondary N) is 2. The lowest BCUT2D eigenvalue weighted by atomic mass is 10.1. The summed E-state index contributed by atoms with van der Waals surface area (Å²) in [6, 6.07) is 9.92. The van der Waals surface area contributed by atoms with Crippen LogP contribution in [0.2, 0.25) is 10.0 Å². The van der Waals surface area contributed by atoms with Gasteiger partial charge in [-0.05, 0) is 62.2 Å². The third kappa shape index (κ3) is 2.13. The highest BCUT2D eigenvalue weighted by molar-refractivity contribution is 9.10. The van der Waals surface area contributed by atoms with Gasteiger partial charge in [0.25, 0.3) is 0 Å². The van der Waals surface area contributed by atoms with E-state index in [1.807, 2.05) is 36.5 Å². The number of hydrogen-bond donors (Lipinski definition) is 2. The second-order valence-electron chi connectivity index (χ2n) is 4.99. The van der Waals surface area contributed by atoms with Crippen molar-refractivity contribution in [3.05, 3.63) is 55.5 Å². The van der Waals surface area contributed by atoms with E-state index in [9.17, 15) is 0 Å². The van der Waals surface area contributed by atoms with Crippen LogP contribution >= 0.6 is 55.1 Å². The van der Waals surface area contributed by atoms with Gasteiger partial charge in [0, 0.05) is 48.2 Å². The zero-order chi connectivity index (χ0) is 15.4. The van der Waals surface area contributed by atoms with Crippen LogP contribution in [0.3, 0.4) is 0 Å². The molecular weight excluding hydrogens is 451 g/mol. The fraction of sp³-hybridized carbons (Fsp3) is 0. The molecule has 0 atom stereocenters. The first-order valence-corrected chi connectivity index (χ1v) is 8.82. The van der Waals surface area contributed by atoms with E-state index in [1.54, 1.807) is 0 Å². The first-order valence-electron chi connectivity index (χ1n) is 6.48. The molecule has 0 amide bonds. The molecule has 2 nitrogen and oxygen atoms in total. The maximum atomic E-state index is 6.46. The number of benzene rings is 2. The maximum Gasteiger partial charge on any atom is 0.0648 e. The van der Waals surface area contributed by atoms with Crippen LogP contribution in [0.5, 0.6) is 0 Å². The summed E-state index contributed by atoms with van der Waals surface area (Å²) >= 11 is 19.8. The van der Waals surface area contributed by atoms with Gasteiger partial charge >= 0.3 is 0 Å². The predicted molar refractivity (Wildman–Crippen MR) is 101 cm³/mol. The van der Waals surface area contributed by atoms with E-state index in [4.69, 9.17) is 23.2 Å². The van der Waals surface area contributed by atoms with E-state index < -0.39 is 0 Å². The van der Waals surface area contributed by atoms with Crippen molar-refractivity contribution >= 4 is 76.9 Å². The molecule has 0 aliphatic rings. The molecule has 0 saturated carbocycles. The van der Waals surface area contributed by atoms with Gasteiger partial charge in [-0.3, -0.25) is 0 Å². The molecular formula is C16H8Br2Cl2N2. The number of fused-ring (bicyclic) bond motifs is 2. The van der Waals surface area contributed by atoms with Gasteiger partial charge in [0.05, 0.1) is 10.0 Å². The maximum absolute atomic E-state index is 6.46. The minimum atomic E-state index is 0.694. The molecule has 22 heavy (non-hydrogen) atoms. The molecule has 2 aromatic carbocycles. The molecule has 0 saturated heterocycles. The average Bonchev–Trinajstić information content (AvgIpc) is 3.11. The van der Waals surface area contributed by atoms with Crippen LogP contribution < -0.4 is 0 Å². The largest absolute Gasteiger partial charge is 0.360 e. The molecule has 110 valence electrons. The Labute approximate surface area is 153 Å². The fourth-order valence-electron chi connectivity index (χ4n) is 2.66. The number of aromatic amines is 2. The van der Waals surface area contributed by atoms with E-state index in [0.717, 1.165) is 42.0 Å². The van der Waals surface area contributed by atoms with Crippen LogP contribution in [0, 0.1) is 0 Å². The van der Waals surface area contributed by atoms with E-state index in [0.29, 0.717) is 10.0 Å². The Balaban J connectivity index is 2.03. The van der Waals surface area contributed by atoms with Gasteiger partial charge in [-0.25, -0.2) is 0 Å². The number of halogens is 4. The molecule has 2 aromatic heterocycles. The number of aromatic nitrogens is 2. The first kappa shape index (κ1) is 14.6. The smallest absolute Gasteiger partial charge is 0.0648 e. The van der Waals surface area contributed by atoms with Crippen molar-refractivity contribution in [3.8, 4) is 11.3 Å². The Morgan fingerprint density at radius 2 is 1.55 bits per heavy atom. The van der Waals surface area contributed by atoms with Gasteiger partial charge in [-0.1, -0.05) is 23.2 Å². The summed E-state index contributed by atoms with van der Waals surface area (Å²) in [5, 5.41) is 3.36. The van der Waals surface area contributed by atoms with Crippen LogP contribution in [-0.2, 0) is 0 Å². The zero-order valence-corrected chi connectivity index (χ0v) is 15.7. The Hall–Kier alpha value is -0.940. The van der Waals surface area contributed by atoms with E-state index >= 15 is 0 Å². The molecule has 0 radical (unpaired) electrons. The van der Waals surface area contributed by atoms with Gasteiger partial charge in [0.1, 0.15) is 0 Å². The SMILES string of the molecule is Clc1c(Br)ccc2[nH]c(-c3c[nH]c4ccc(Br)c(Cl)c34)cc12. The van der Waals surface area contributed by atoms with Crippen molar-refractivity contribution in [2.45, 2.75) is 0 Å². The van der Waals surface area contributed by atoms with Crippen molar-refractivity contribution in [2.75, 3.05) is 0 Å². The predicted octanol–water partition coefficient (Wildman–Crippen LogP) is 7.15. The summed E-state index contributed by atoms with van der Waals surface area (Å²) in [5.41, 5.74) is 3.98. The zero-order valence-electron chi connectivity index (χ0n) is 11.0. The number of hydrogen-bond acceptors (Lipinski definition) is 0. The van der Waals surface area contributed by atoms with Crippen molar-refractivity contribution < 1.29 is 0 Å². The minimum Gasteiger partial charge on any atom is -0.360 e. The number of rotatable bonds is 1. The summed E-state index contributed by atoms with van der Waals surface area (Å²) in [6.45, 7) is 0. The third-order valence-corrected chi connectivity index (χ3v) is 6.30. The molecule has 0 aliphatic heterocycles. The molecule has 0 fully saturated rings. The lowest BCUT2D eigenvalue weighted by Gasteiger charge is -2.01. The first-order chi connectivity index (χ1) is 10.6. The Morgan fingerprint density at radius 3 is 2.32 bits per heavy atom. The van der Waals surface area contributed by atoms with Crippen molar-refractivity contribution in [1.29, 1.82) is 0 Å². The van der Waals surface area contributed by atoms with Crippen molar-refractivity contribution in [2.24, 2.45) is 0 Å². The Bertz CT molecular complexity index is 1030. The van der Waals surface area contributed by atoms with Crippen LogP contribution in [0.25, 0.3) is 33.1 Å². The van der Waals surface area contributed by atoms with Gasteiger partial charge in [0.15, 0.2) is 0 Å². The van der Waals surface area contributed by atoms with E-state index in [-0.39, 0.29) is 0 Å². The minimum absolute atomic E-state index is 0.694. The molecule has 0 unspecified atom stereocenters. The molecule has 6 heteroatoms. The molecule has 2 N–H and O–H groups in total. The van der Waals surface area contributed by atoms with Crippen molar-refractivity contribution in [3.63, 3.8) is 0 Å². The standard InChI is InChI=1S/C16H8Br2Cl2N2/c17-9-1-3-11-7(15(9)19)5-13(22-11)8-6-21-12-4-2-10(18)16(20)14(8)12/h1-6,21-22H. The lowest BCUT2D eigenvalue weighted by Crippen LogP contribution is -1.77. The van der Waals surface area contributed by atoms with E-state index in [1.165, 1.54) is 0 Å². The van der Waals surface area contributed by atoms with Crippen LogP contribution in [0.15, 0.2) is 45.5 Å². The summed E-state index contributed by atoms with van der Waals surface area (Å²) in [5.74, 6) is 0. The average molecular weight is 459 g/mol. The molecule has 4 rings (SSSR count). The van der Waals surface area contributed by atoms with Crippen LogP contribution in [0.1, 0.15) is 0 Å². The molecule has 0 aliphatic carbocycles. The van der Waals surface area contributed by atoms with E-state index in [2.05, 4.69) is 41.8 Å². The molecule has 2 heterocycles. The number of H-pyrrole nitrogens is 2. The monoisotopic (exact) mass is 456 g/mol. The van der Waals surface area contributed by atoms with Gasteiger partial charge in [0.2, 0.25) is 0 Å². The molecule has 0 spiro atoms. The highest BCUT2D eigenvalue weighted by Crippen LogP contribution is 2.40. The summed E-state index contributed by atoms with van der Waals surface area (Å²) < 4.78 is 1.76. The molecule has 4 aromatic rings. The lowest BCUT2D eigenvalue weighted by molar-refractivity contribution is 1.43. The summed E-state index contributed by atoms with van der Waals surface area (Å²) in [4.78, 5) is 6.66. The highest BCUT2D eigenvalue weighted by atomic mass is 79.9.